The molecule has 178 valence electrons. The molecule has 9 heteroatoms. The van der Waals surface area contributed by atoms with E-state index < -0.39 is 11.7 Å². The summed E-state index contributed by atoms with van der Waals surface area (Å²) in [6.45, 7) is 7.05. The van der Waals surface area contributed by atoms with Crippen LogP contribution in [0, 0.1) is 0 Å². The number of aromatic nitrogens is 2. The second-order valence-electron chi connectivity index (χ2n) is 9.60. The number of fused-ring (bicyclic) bond motifs is 1. The fourth-order valence-electron chi connectivity index (χ4n) is 4.67. The quantitative estimate of drug-likeness (QED) is 0.691. The summed E-state index contributed by atoms with van der Waals surface area (Å²) in [7, 11) is 0. The molecule has 1 fully saturated rings. The van der Waals surface area contributed by atoms with Crippen LogP contribution in [-0.4, -0.2) is 68.2 Å². The lowest BCUT2D eigenvalue weighted by atomic mass is 9.92. The number of ether oxygens (including phenoxy) is 1. The Hall–Kier alpha value is -3.07. The van der Waals surface area contributed by atoms with E-state index in [0.717, 1.165) is 42.6 Å². The van der Waals surface area contributed by atoms with Gasteiger partial charge in [0.1, 0.15) is 5.75 Å². The minimum Gasteiger partial charge on any atom is -0.483 e. The topological polar surface area (TPSA) is 108 Å². The van der Waals surface area contributed by atoms with Gasteiger partial charge in [-0.1, -0.05) is 0 Å². The molecule has 0 saturated carbocycles. The Labute approximate surface area is 193 Å². The second-order valence-corrected chi connectivity index (χ2v) is 9.60. The van der Waals surface area contributed by atoms with Gasteiger partial charge in [-0.15, -0.1) is 0 Å². The summed E-state index contributed by atoms with van der Waals surface area (Å²) in [5.41, 5.74) is 2.00. The van der Waals surface area contributed by atoms with Crippen LogP contribution in [0.5, 0.6) is 5.75 Å². The molecule has 4 rings (SSSR count). The van der Waals surface area contributed by atoms with Gasteiger partial charge in [0.25, 0.3) is 5.91 Å². The average Bonchev–Trinajstić information content (AvgIpc) is 3.42. The maximum absolute atomic E-state index is 12.7. The van der Waals surface area contributed by atoms with Gasteiger partial charge in [0.05, 0.1) is 24.0 Å². The zero-order valence-electron chi connectivity index (χ0n) is 19.5. The molecule has 0 bridgehead atoms. The van der Waals surface area contributed by atoms with E-state index in [0.29, 0.717) is 30.8 Å². The van der Waals surface area contributed by atoms with Crippen LogP contribution >= 0.6 is 0 Å². The Bertz CT molecular complexity index is 1040. The molecule has 0 aliphatic carbocycles. The fourth-order valence-corrected chi connectivity index (χ4v) is 4.67. The number of aliphatic hydroxyl groups is 1. The third-order valence-corrected chi connectivity index (χ3v) is 6.25. The van der Waals surface area contributed by atoms with Crippen molar-refractivity contribution in [3.05, 3.63) is 30.1 Å². The van der Waals surface area contributed by atoms with Gasteiger partial charge >= 0.3 is 6.09 Å². The lowest BCUT2D eigenvalue weighted by molar-refractivity contribution is -0.132. The minimum atomic E-state index is -1.01. The number of hydrogen-bond donors (Lipinski definition) is 2. The molecule has 2 aliphatic heterocycles. The van der Waals surface area contributed by atoms with Crippen molar-refractivity contribution in [1.82, 2.24) is 14.7 Å². The van der Waals surface area contributed by atoms with Gasteiger partial charge in [-0.2, -0.15) is 5.10 Å². The van der Waals surface area contributed by atoms with Crippen LogP contribution in [0.4, 0.5) is 10.5 Å². The number of amides is 2. The van der Waals surface area contributed by atoms with Gasteiger partial charge in [0.15, 0.2) is 6.61 Å². The molecule has 1 aromatic heterocycles. The number of carbonyl (C=O) groups is 2. The molecular weight excluding hydrogens is 424 g/mol. The van der Waals surface area contributed by atoms with E-state index >= 15 is 0 Å². The van der Waals surface area contributed by atoms with Crippen LogP contribution in [0.15, 0.2) is 24.5 Å². The highest BCUT2D eigenvalue weighted by atomic mass is 16.5. The van der Waals surface area contributed by atoms with E-state index in [2.05, 4.69) is 5.10 Å². The van der Waals surface area contributed by atoms with E-state index in [1.54, 1.807) is 30.8 Å². The van der Waals surface area contributed by atoms with E-state index in [9.17, 15) is 19.8 Å². The van der Waals surface area contributed by atoms with Gasteiger partial charge in [-0.3, -0.25) is 14.4 Å². The minimum absolute atomic E-state index is 0.0620. The number of benzene rings is 1. The molecular formula is C24H32N4O5. The summed E-state index contributed by atoms with van der Waals surface area (Å²) in [4.78, 5) is 27.8. The van der Waals surface area contributed by atoms with E-state index in [-0.39, 0.29) is 18.6 Å². The summed E-state index contributed by atoms with van der Waals surface area (Å²) >= 11 is 0. The molecule has 0 radical (unpaired) electrons. The number of rotatable bonds is 6. The highest BCUT2D eigenvalue weighted by Crippen LogP contribution is 2.43. The highest BCUT2D eigenvalue weighted by Gasteiger charge is 2.32. The van der Waals surface area contributed by atoms with Crippen molar-refractivity contribution in [3.63, 3.8) is 0 Å². The predicted molar refractivity (Wildman–Crippen MR) is 124 cm³/mol. The number of nitrogens with zero attached hydrogens (tertiary/aromatic N) is 4. The Kier molecular flexibility index (Phi) is 6.34. The number of likely N-dealkylation sites (tertiary alicyclic amines) is 1. The molecule has 1 aromatic carbocycles. The Morgan fingerprint density at radius 1 is 1.24 bits per heavy atom. The number of anilines is 1. The van der Waals surface area contributed by atoms with Gasteiger partial charge in [-0.25, -0.2) is 4.79 Å². The van der Waals surface area contributed by atoms with Crippen LogP contribution in [0.2, 0.25) is 0 Å². The summed E-state index contributed by atoms with van der Waals surface area (Å²) in [6, 6.07) is 3.49. The monoisotopic (exact) mass is 456 g/mol. The number of carboxylic acid groups (broad SMARTS) is 1. The third kappa shape index (κ3) is 4.98. The van der Waals surface area contributed by atoms with Gasteiger partial charge in [-0.05, 0) is 58.6 Å². The number of hydrogen-bond acceptors (Lipinski definition) is 5. The fraction of sp³-hybridized carbons (Fsp3) is 0.542. The molecule has 2 aliphatic rings. The van der Waals surface area contributed by atoms with E-state index in [1.807, 2.05) is 24.1 Å². The Morgan fingerprint density at radius 3 is 2.64 bits per heavy atom. The van der Waals surface area contributed by atoms with Crippen LogP contribution in [-0.2, 0) is 17.8 Å². The predicted octanol–water partition coefficient (Wildman–Crippen LogP) is 3.14. The van der Waals surface area contributed by atoms with Crippen molar-refractivity contribution in [2.24, 2.45) is 0 Å². The van der Waals surface area contributed by atoms with Crippen LogP contribution in [0.25, 0.3) is 11.1 Å². The van der Waals surface area contributed by atoms with Crippen molar-refractivity contribution in [2.45, 2.75) is 64.6 Å². The maximum Gasteiger partial charge on any atom is 0.412 e. The molecule has 0 spiro atoms. The van der Waals surface area contributed by atoms with Crippen molar-refractivity contribution in [3.8, 4) is 16.9 Å². The van der Waals surface area contributed by atoms with Gasteiger partial charge in [0, 0.05) is 42.0 Å². The first-order chi connectivity index (χ1) is 15.6. The van der Waals surface area contributed by atoms with E-state index in [4.69, 9.17) is 4.74 Å². The summed E-state index contributed by atoms with van der Waals surface area (Å²) in [5, 5.41) is 24.3. The van der Waals surface area contributed by atoms with E-state index in [1.165, 1.54) is 4.90 Å². The van der Waals surface area contributed by atoms with Gasteiger partial charge in [0.2, 0.25) is 0 Å². The zero-order chi connectivity index (χ0) is 23.8. The lowest BCUT2D eigenvalue weighted by Crippen LogP contribution is -2.41. The van der Waals surface area contributed by atoms with Crippen molar-refractivity contribution in [2.75, 3.05) is 24.6 Å². The molecule has 2 N–H and O–H groups in total. The molecule has 33 heavy (non-hydrogen) atoms. The van der Waals surface area contributed by atoms with Crippen LogP contribution in [0.1, 0.15) is 45.6 Å². The highest BCUT2D eigenvalue weighted by molar-refractivity contribution is 5.91. The molecule has 2 amide bonds. The van der Waals surface area contributed by atoms with Crippen molar-refractivity contribution >= 4 is 17.7 Å². The molecule has 1 atom stereocenters. The maximum atomic E-state index is 12.7. The second kappa shape index (κ2) is 9.05. The largest absolute Gasteiger partial charge is 0.483 e. The molecule has 1 saturated heterocycles. The summed E-state index contributed by atoms with van der Waals surface area (Å²) < 4.78 is 7.81. The normalized spacial score (nSPS) is 18.4. The molecule has 0 unspecified atom stereocenters. The number of carbonyl (C=O) groups excluding carboxylic acids is 1. The average molecular weight is 457 g/mol. The standard InChI is InChI=1S/C24H32N4O5/c1-16-6-7-19-20(28(16)23(30)31)9-8-18(17-12-25-27(13-17)15-24(2,3)32)22(19)33-14-21(29)26-10-4-5-11-26/h8-9,12-13,16,32H,4-7,10-11,14-15H2,1-3H3,(H,30,31)/t16-/m0/s1. The van der Waals surface area contributed by atoms with Crippen molar-refractivity contribution < 1.29 is 24.5 Å². The summed E-state index contributed by atoms with van der Waals surface area (Å²) in [6.07, 6.45) is 5.84. The lowest BCUT2D eigenvalue weighted by Gasteiger charge is -2.34. The zero-order valence-corrected chi connectivity index (χ0v) is 19.5. The Morgan fingerprint density at radius 2 is 1.97 bits per heavy atom. The smallest absolute Gasteiger partial charge is 0.412 e. The first kappa shape index (κ1) is 23.1. The third-order valence-electron chi connectivity index (χ3n) is 6.25. The molecule has 9 nitrogen and oxygen atoms in total. The SMILES string of the molecule is C[C@H]1CCc2c(ccc(-c3cnn(CC(C)(C)O)c3)c2OCC(=O)N2CCCC2)N1C(=O)O. The summed E-state index contributed by atoms with van der Waals surface area (Å²) in [5.74, 6) is 0.467. The molecule has 3 heterocycles. The van der Waals surface area contributed by atoms with Crippen molar-refractivity contribution in [1.29, 1.82) is 0 Å². The molecule has 2 aromatic rings. The first-order valence-corrected chi connectivity index (χ1v) is 11.5. The Balaban J connectivity index is 1.71. The first-order valence-electron chi connectivity index (χ1n) is 11.5. The van der Waals surface area contributed by atoms with Gasteiger partial charge < -0.3 is 19.8 Å². The van der Waals surface area contributed by atoms with Crippen LogP contribution in [0.3, 0.4) is 0 Å². The van der Waals surface area contributed by atoms with Crippen LogP contribution < -0.4 is 9.64 Å².